The quantitative estimate of drug-likeness (QED) is 0.480. The van der Waals surface area contributed by atoms with E-state index in [4.69, 9.17) is 21.3 Å². The van der Waals surface area contributed by atoms with E-state index in [1.807, 2.05) is 25.1 Å². The number of rotatable bonds is 4. The molecule has 0 bridgehead atoms. The fourth-order valence-corrected chi connectivity index (χ4v) is 3.43. The van der Waals surface area contributed by atoms with Crippen molar-refractivity contribution in [3.05, 3.63) is 62.8 Å². The summed E-state index contributed by atoms with van der Waals surface area (Å²) in [4.78, 5) is 16.8. The first kappa shape index (κ1) is 18.8. The van der Waals surface area contributed by atoms with E-state index in [0.29, 0.717) is 17.9 Å². The third-order valence-corrected chi connectivity index (χ3v) is 4.94. The Hall–Kier alpha value is -1.98. The largest absolute Gasteiger partial charge is 0.466 e. The van der Waals surface area contributed by atoms with Crippen molar-refractivity contribution in [1.82, 2.24) is 4.98 Å². The maximum Gasteiger partial charge on any atom is 0.310 e. The second-order valence-corrected chi connectivity index (χ2v) is 7.16. The zero-order valence-corrected chi connectivity index (χ0v) is 16.6. The molecule has 6 heteroatoms. The number of halogens is 3. The molecule has 0 aliphatic rings. The highest BCUT2D eigenvalue weighted by Gasteiger charge is 2.18. The van der Waals surface area contributed by atoms with Crippen LogP contribution in [0.5, 0.6) is 0 Å². The zero-order chi connectivity index (χ0) is 18.8. The molecule has 3 nitrogen and oxygen atoms in total. The Kier molecular flexibility index (Phi) is 5.58. The molecule has 0 saturated heterocycles. The van der Waals surface area contributed by atoms with Gasteiger partial charge >= 0.3 is 5.97 Å². The Balaban J connectivity index is 2.26. The van der Waals surface area contributed by atoms with Crippen molar-refractivity contribution in [2.75, 3.05) is 6.61 Å². The zero-order valence-electron chi connectivity index (χ0n) is 14.3. The third-order valence-electron chi connectivity index (χ3n) is 4.15. The van der Waals surface area contributed by atoms with Crippen molar-refractivity contribution in [2.24, 2.45) is 0 Å². The summed E-state index contributed by atoms with van der Waals surface area (Å²) in [5, 5.41) is 0.954. The first-order chi connectivity index (χ1) is 12.4. The maximum atomic E-state index is 13.6. The van der Waals surface area contributed by atoms with Gasteiger partial charge in [-0.2, -0.15) is 0 Å². The molecule has 134 valence electrons. The number of hydrogen-bond acceptors (Lipinski definition) is 3. The summed E-state index contributed by atoms with van der Waals surface area (Å²) in [5.74, 6) is -0.829. The minimum absolute atomic E-state index is 0.0138. The van der Waals surface area contributed by atoms with Crippen LogP contribution >= 0.6 is 27.5 Å². The van der Waals surface area contributed by atoms with Gasteiger partial charge in [0.25, 0.3) is 0 Å². The number of ether oxygens (including phenoxy) is 1. The second-order valence-electron chi connectivity index (χ2n) is 5.84. The van der Waals surface area contributed by atoms with Crippen molar-refractivity contribution < 1.29 is 13.9 Å². The highest BCUT2D eigenvalue weighted by molar-refractivity contribution is 9.10. The number of carbonyl (C=O) groups excluding carboxylic acids is 1. The number of esters is 1. The van der Waals surface area contributed by atoms with E-state index in [0.717, 1.165) is 26.5 Å². The molecule has 0 radical (unpaired) electrons. The molecule has 0 spiro atoms. The molecule has 1 heterocycles. The van der Waals surface area contributed by atoms with Gasteiger partial charge < -0.3 is 4.74 Å². The second kappa shape index (κ2) is 7.72. The van der Waals surface area contributed by atoms with Crippen LogP contribution in [-0.2, 0) is 16.0 Å². The van der Waals surface area contributed by atoms with Crippen LogP contribution in [0.3, 0.4) is 0 Å². The fourth-order valence-electron chi connectivity index (χ4n) is 2.89. The smallest absolute Gasteiger partial charge is 0.310 e. The number of pyridine rings is 1. The Morgan fingerprint density at radius 1 is 1.27 bits per heavy atom. The van der Waals surface area contributed by atoms with Gasteiger partial charge in [-0.25, -0.2) is 9.37 Å². The molecule has 2 aromatic carbocycles. The number of benzene rings is 2. The van der Waals surface area contributed by atoms with E-state index in [1.54, 1.807) is 13.0 Å². The lowest BCUT2D eigenvalue weighted by Crippen LogP contribution is -2.11. The summed E-state index contributed by atoms with van der Waals surface area (Å²) in [6.45, 7) is 4.02. The van der Waals surface area contributed by atoms with Gasteiger partial charge in [0.2, 0.25) is 0 Å². The first-order valence-electron chi connectivity index (χ1n) is 8.10. The van der Waals surface area contributed by atoms with E-state index in [-0.39, 0.29) is 17.4 Å². The van der Waals surface area contributed by atoms with Crippen LogP contribution < -0.4 is 0 Å². The van der Waals surface area contributed by atoms with Crippen LogP contribution in [0.4, 0.5) is 4.39 Å². The fraction of sp³-hybridized carbons (Fsp3) is 0.200. The summed E-state index contributed by atoms with van der Waals surface area (Å²) in [5.41, 5.74) is 3.72. The van der Waals surface area contributed by atoms with Gasteiger partial charge in [-0.1, -0.05) is 27.5 Å². The molecule has 0 atom stereocenters. The summed E-state index contributed by atoms with van der Waals surface area (Å²) in [6.07, 6.45) is 0.0828. The van der Waals surface area contributed by atoms with E-state index >= 15 is 0 Å². The highest BCUT2D eigenvalue weighted by atomic mass is 79.9. The topological polar surface area (TPSA) is 39.2 Å². The Morgan fingerprint density at radius 2 is 2.04 bits per heavy atom. The van der Waals surface area contributed by atoms with Gasteiger partial charge in [-0.05, 0) is 61.4 Å². The summed E-state index contributed by atoms with van der Waals surface area (Å²) in [6, 6.07) is 10.2. The van der Waals surface area contributed by atoms with Crippen LogP contribution in [0.2, 0.25) is 5.02 Å². The first-order valence-corrected chi connectivity index (χ1v) is 9.27. The van der Waals surface area contributed by atoms with Crippen LogP contribution in [0.15, 0.2) is 40.9 Å². The molecule has 0 N–H and O–H groups in total. The van der Waals surface area contributed by atoms with Gasteiger partial charge in [0.1, 0.15) is 5.82 Å². The van der Waals surface area contributed by atoms with Crippen LogP contribution in [-0.4, -0.2) is 17.6 Å². The van der Waals surface area contributed by atoms with Gasteiger partial charge in [0, 0.05) is 15.4 Å². The maximum absolute atomic E-state index is 13.6. The number of fused-ring (bicyclic) bond motifs is 1. The minimum atomic E-state index is -0.496. The molecule has 26 heavy (non-hydrogen) atoms. The molecule has 0 aliphatic heterocycles. The van der Waals surface area contributed by atoms with Crippen LogP contribution in [0.25, 0.3) is 22.2 Å². The molecular weight excluding hydrogens is 421 g/mol. The summed E-state index contributed by atoms with van der Waals surface area (Å²) in [7, 11) is 0. The number of hydrogen-bond donors (Lipinski definition) is 0. The molecule has 0 amide bonds. The Labute approximate surface area is 164 Å². The monoisotopic (exact) mass is 435 g/mol. The Bertz CT molecular complexity index is 1010. The van der Waals surface area contributed by atoms with Gasteiger partial charge in [-0.3, -0.25) is 4.79 Å². The number of carbonyl (C=O) groups is 1. The summed E-state index contributed by atoms with van der Waals surface area (Å²) >= 11 is 9.42. The molecule has 3 aromatic rings. The number of aryl methyl sites for hydroxylation is 1. The number of nitrogens with zero attached hydrogens (tertiary/aromatic N) is 1. The van der Waals surface area contributed by atoms with E-state index in [2.05, 4.69) is 15.9 Å². The molecule has 3 rings (SSSR count). The standard InChI is InChI=1S/C20H16BrClFNO2/c1-3-26-19(25)10-15-11(2)14-9-13(21)5-7-18(14)24-20(15)12-4-6-17(23)16(22)8-12/h4-9H,3,10H2,1-2H3. The van der Waals surface area contributed by atoms with Crippen molar-refractivity contribution in [2.45, 2.75) is 20.3 Å². The Morgan fingerprint density at radius 3 is 2.73 bits per heavy atom. The van der Waals surface area contributed by atoms with Crippen molar-refractivity contribution >= 4 is 44.4 Å². The van der Waals surface area contributed by atoms with Crippen molar-refractivity contribution in [1.29, 1.82) is 0 Å². The summed E-state index contributed by atoms with van der Waals surface area (Å²) < 4.78 is 19.6. The van der Waals surface area contributed by atoms with Gasteiger partial charge in [-0.15, -0.1) is 0 Å². The van der Waals surface area contributed by atoms with E-state index < -0.39 is 5.82 Å². The molecule has 1 aromatic heterocycles. The van der Waals surface area contributed by atoms with Crippen LogP contribution in [0, 0.1) is 12.7 Å². The highest BCUT2D eigenvalue weighted by Crippen LogP contribution is 2.33. The lowest BCUT2D eigenvalue weighted by molar-refractivity contribution is -0.142. The molecule has 0 saturated carbocycles. The average Bonchev–Trinajstić information content (AvgIpc) is 2.60. The van der Waals surface area contributed by atoms with Crippen molar-refractivity contribution in [3.8, 4) is 11.3 Å². The minimum Gasteiger partial charge on any atom is -0.466 e. The number of aromatic nitrogens is 1. The van der Waals surface area contributed by atoms with Gasteiger partial charge in [0.15, 0.2) is 0 Å². The van der Waals surface area contributed by atoms with Gasteiger partial charge in [0.05, 0.1) is 29.3 Å². The molecule has 0 unspecified atom stereocenters. The van der Waals surface area contributed by atoms with E-state index in [9.17, 15) is 9.18 Å². The third kappa shape index (κ3) is 3.74. The molecular formula is C20H16BrClFNO2. The normalized spacial score (nSPS) is 11.0. The van der Waals surface area contributed by atoms with Crippen LogP contribution in [0.1, 0.15) is 18.1 Å². The SMILES string of the molecule is CCOC(=O)Cc1c(-c2ccc(F)c(Cl)c2)nc2ccc(Br)cc2c1C. The van der Waals surface area contributed by atoms with Crippen molar-refractivity contribution in [3.63, 3.8) is 0 Å². The van der Waals surface area contributed by atoms with E-state index in [1.165, 1.54) is 12.1 Å². The lowest BCUT2D eigenvalue weighted by Gasteiger charge is -2.15. The predicted octanol–water partition coefficient (Wildman–Crippen LogP) is 5.87. The lowest BCUT2D eigenvalue weighted by atomic mass is 9.95. The average molecular weight is 437 g/mol. The molecule has 0 aliphatic carbocycles. The molecule has 0 fully saturated rings. The predicted molar refractivity (Wildman–Crippen MR) is 105 cm³/mol.